The first-order chi connectivity index (χ1) is 12.0. The summed E-state index contributed by atoms with van der Waals surface area (Å²) in [6, 6.07) is 7.99. The number of benzene rings is 1. The first kappa shape index (κ1) is 17.1. The molecule has 0 spiro atoms. The van der Waals surface area contributed by atoms with Crippen LogP contribution >= 0.6 is 0 Å². The Morgan fingerprint density at radius 3 is 2.80 bits per heavy atom. The van der Waals surface area contributed by atoms with Gasteiger partial charge in [0, 0.05) is 24.8 Å². The SMILES string of the molecule is CCCCN(C)C(=O)c1cc(C)nc2onc(-c3ccccc3F)c12. The molecule has 0 aliphatic heterocycles. The fourth-order valence-corrected chi connectivity index (χ4v) is 2.78. The van der Waals surface area contributed by atoms with Gasteiger partial charge in [-0.3, -0.25) is 4.79 Å². The van der Waals surface area contributed by atoms with Crippen LogP contribution in [-0.4, -0.2) is 34.5 Å². The number of hydrogen-bond acceptors (Lipinski definition) is 4. The zero-order valence-electron chi connectivity index (χ0n) is 14.5. The molecule has 3 rings (SSSR count). The molecular weight excluding hydrogens is 321 g/mol. The summed E-state index contributed by atoms with van der Waals surface area (Å²) < 4.78 is 19.5. The lowest BCUT2D eigenvalue weighted by molar-refractivity contribution is 0.0795. The molecule has 2 aromatic heterocycles. The molecule has 5 nitrogen and oxygen atoms in total. The topological polar surface area (TPSA) is 59.2 Å². The van der Waals surface area contributed by atoms with Gasteiger partial charge in [-0.1, -0.05) is 30.6 Å². The molecule has 1 amide bonds. The van der Waals surface area contributed by atoms with E-state index in [1.807, 2.05) is 0 Å². The Morgan fingerprint density at radius 2 is 2.08 bits per heavy atom. The van der Waals surface area contributed by atoms with Crippen molar-refractivity contribution in [1.29, 1.82) is 0 Å². The monoisotopic (exact) mass is 341 g/mol. The predicted octanol–water partition coefficient (Wildman–Crippen LogP) is 4.21. The van der Waals surface area contributed by atoms with Crippen LogP contribution in [0.2, 0.25) is 0 Å². The van der Waals surface area contributed by atoms with Gasteiger partial charge in [0.25, 0.3) is 11.6 Å². The van der Waals surface area contributed by atoms with Gasteiger partial charge >= 0.3 is 0 Å². The smallest absolute Gasteiger partial charge is 0.259 e. The highest BCUT2D eigenvalue weighted by molar-refractivity contribution is 6.09. The van der Waals surface area contributed by atoms with Gasteiger partial charge in [0.15, 0.2) is 0 Å². The maximum atomic E-state index is 14.2. The maximum absolute atomic E-state index is 14.2. The van der Waals surface area contributed by atoms with Gasteiger partial charge in [-0.25, -0.2) is 9.37 Å². The third-order valence-corrected chi connectivity index (χ3v) is 4.13. The molecule has 0 atom stereocenters. The predicted molar refractivity (Wildman–Crippen MR) is 93.8 cm³/mol. The number of amides is 1. The number of halogens is 1. The molecule has 0 radical (unpaired) electrons. The molecule has 0 bridgehead atoms. The first-order valence-corrected chi connectivity index (χ1v) is 8.30. The lowest BCUT2D eigenvalue weighted by Gasteiger charge is -2.17. The van der Waals surface area contributed by atoms with Crippen molar-refractivity contribution in [3.05, 3.63) is 47.4 Å². The molecule has 0 N–H and O–H groups in total. The van der Waals surface area contributed by atoms with Crippen molar-refractivity contribution < 1.29 is 13.7 Å². The second-order valence-electron chi connectivity index (χ2n) is 6.08. The number of aryl methyl sites for hydroxylation is 1. The molecule has 0 aliphatic carbocycles. The fraction of sp³-hybridized carbons (Fsp3) is 0.316. The quantitative estimate of drug-likeness (QED) is 0.697. The Kier molecular flexibility index (Phi) is 4.79. The highest BCUT2D eigenvalue weighted by atomic mass is 19.1. The van der Waals surface area contributed by atoms with Gasteiger partial charge in [-0.05, 0) is 31.5 Å². The molecule has 1 aromatic carbocycles. The second kappa shape index (κ2) is 7.01. The summed E-state index contributed by atoms with van der Waals surface area (Å²) in [5, 5.41) is 4.43. The lowest BCUT2D eigenvalue weighted by atomic mass is 10.0. The molecule has 0 saturated heterocycles. The minimum absolute atomic E-state index is 0.148. The number of aromatic nitrogens is 2. The molecule has 0 unspecified atom stereocenters. The summed E-state index contributed by atoms with van der Waals surface area (Å²) in [5.74, 6) is -0.569. The van der Waals surface area contributed by atoms with Crippen molar-refractivity contribution in [2.75, 3.05) is 13.6 Å². The van der Waals surface area contributed by atoms with Gasteiger partial charge in [-0.15, -0.1) is 0 Å². The molecule has 0 aliphatic rings. The van der Waals surface area contributed by atoms with Gasteiger partial charge in [0.05, 0.1) is 10.9 Å². The number of carbonyl (C=O) groups is 1. The van der Waals surface area contributed by atoms with Crippen molar-refractivity contribution in [3.63, 3.8) is 0 Å². The minimum Gasteiger partial charge on any atom is -0.342 e. The van der Waals surface area contributed by atoms with Crippen LogP contribution in [0.3, 0.4) is 0 Å². The van der Waals surface area contributed by atoms with Gasteiger partial charge in [-0.2, -0.15) is 0 Å². The number of carbonyl (C=O) groups excluding carboxylic acids is 1. The standard InChI is InChI=1S/C19H20FN3O2/c1-4-5-10-23(3)19(24)14-11-12(2)21-18-16(14)17(22-25-18)13-8-6-7-9-15(13)20/h6-9,11H,4-5,10H2,1-3H3. The molecule has 2 heterocycles. The van der Waals surface area contributed by atoms with Crippen LogP contribution in [0, 0.1) is 12.7 Å². The average Bonchev–Trinajstić information content (AvgIpc) is 3.02. The summed E-state index contributed by atoms with van der Waals surface area (Å²) >= 11 is 0. The number of fused-ring (bicyclic) bond motifs is 1. The van der Waals surface area contributed by atoms with Crippen molar-refractivity contribution in [2.45, 2.75) is 26.7 Å². The molecule has 25 heavy (non-hydrogen) atoms. The Bertz CT molecular complexity index is 920. The summed E-state index contributed by atoms with van der Waals surface area (Å²) in [6.07, 6.45) is 1.91. The normalized spacial score (nSPS) is 11.0. The maximum Gasteiger partial charge on any atom is 0.259 e. The van der Waals surface area contributed by atoms with Crippen molar-refractivity contribution in [1.82, 2.24) is 15.0 Å². The van der Waals surface area contributed by atoms with Gasteiger partial charge in [0.2, 0.25) is 0 Å². The molecule has 0 saturated carbocycles. The average molecular weight is 341 g/mol. The zero-order chi connectivity index (χ0) is 18.0. The number of unbranched alkanes of at least 4 members (excludes halogenated alkanes) is 1. The summed E-state index contributed by atoms with van der Waals surface area (Å²) in [7, 11) is 1.76. The summed E-state index contributed by atoms with van der Waals surface area (Å²) in [5.41, 5.74) is 1.91. The van der Waals surface area contributed by atoms with E-state index >= 15 is 0 Å². The summed E-state index contributed by atoms with van der Waals surface area (Å²) in [4.78, 5) is 18.9. The van der Waals surface area contributed by atoms with E-state index in [9.17, 15) is 9.18 Å². The lowest BCUT2D eigenvalue weighted by Crippen LogP contribution is -2.28. The van der Waals surface area contributed by atoms with E-state index in [4.69, 9.17) is 4.52 Å². The van der Waals surface area contributed by atoms with Crippen molar-refractivity contribution >= 4 is 17.0 Å². The third kappa shape index (κ3) is 3.24. The van der Waals surface area contributed by atoms with E-state index in [2.05, 4.69) is 17.1 Å². The number of pyridine rings is 1. The highest BCUT2D eigenvalue weighted by Crippen LogP contribution is 2.32. The van der Waals surface area contributed by atoms with Gasteiger partial charge in [0.1, 0.15) is 11.5 Å². The second-order valence-corrected chi connectivity index (χ2v) is 6.08. The largest absolute Gasteiger partial charge is 0.342 e. The third-order valence-electron chi connectivity index (χ3n) is 4.13. The summed E-state index contributed by atoms with van der Waals surface area (Å²) in [6.45, 7) is 4.51. The Morgan fingerprint density at radius 1 is 1.32 bits per heavy atom. The number of hydrogen-bond donors (Lipinski definition) is 0. The van der Waals surface area contributed by atoms with Gasteiger partial charge < -0.3 is 9.42 Å². The van der Waals surface area contributed by atoms with E-state index in [1.165, 1.54) is 6.07 Å². The van der Waals surface area contributed by atoms with Crippen LogP contribution in [0.4, 0.5) is 4.39 Å². The van der Waals surface area contributed by atoms with E-state index in [-0.39, 0.29) is 17.2 Å². The van der Waals surface area contributed by atoms with Crippen LogP contribution in [0.1, 0.15) is 35.8 Å². The van der Waals surface area contributed by atoms with E-state index < -0.39 is 5.82 Å². The number of rotatable bonds is 5. The molecule has 6 heteroatoms. The van der Waals surface area contributed by atoms with Crippen LogP contribution in [0.15, 0.2) is 34.9 Å². The molecule has 0 fully saturated rings. The van der Waals surface area contributed by atoms with Crippen molar-refractivity contribution in [2.24, 2.45) is 0 Å². The first-order valence-electron chi connectivity index (χ1n) is 8.30. The Labute approximate surface area is 145 Å². The minimum atomic E-state index is -0.420. The van der Waals surface area contributed by atoms with Crippen LogP contribution in [-0.2, 0) is 0 Å². The van der Waals surface area contributed by atoms with Crippen LogP contribution in [0.25, 0.3) is 22.4 Å². The van der Waals surface area contributed by atoms with E-state index in [0.29, 0.717) is 28.9 Å². The van der Waals surface area contributed by atoms with E-state index in [0.717, 1.165) is 12.8 Å². The van der Waals surface area contributed by atoms with Crippen molar-refractivity contribution in [3.8, 4) is 11.3 Å². The fourth-order valence-electron chi connectivity index (χ4n) is 2.78. The van der Waals surface area contributed by atoms with Crippen LogP contribution in [0.5, 0.6) is 0 Å². The Balaban J connectivity index is 2.17. The zero-order valence-corrected chi connectivity index (χ0v) is 14.5. The Hall–Kier alpha value is -2.76. The molecule has 3 aromatic rings. The molecule has 130 valence electrons. The molecular formula is C19H20FN3O2. The van der Waals surface area contributed by atoms with E-state index in [1.54, 1.807) is 43.1 Å². The number of nitrogens with zero attached hydrogens (tertiary/aromatic N) is 3. The highest BCUT2D eigenvalue weighted by Gasteiger charge is 2.23. The van der Waals surface area contributed by atoms with Crippen LogP contribution < -0.4 is 0 Å².